The molecule has 3 rings (SSSR count). The van der Waals surface area contributed by atoms with Gasteiger partial charge in [0.15, 0.2) is 5.82 Å². The lowest BCUT2D eigenvalue weighted by Gasteiger charge is -2.33. The summed E-state index contributed by atoms with van der Waals surface area (Å²) in [7, 11) is 0. The van der Waals surface area contributed by atoms with Crippen LogP contribution in [0.3, 0.4) is 0 Å². The van der Waals surface area contributed by atoms with Gasteiger partial charge in [-0.2, -0.15) is 11.8 Å². The Morgan fingerprint density at radius 2 is 2.33 bits per heavy atom. The molecule has 2 atom stereocenters. The molecule has 1 saturated heterocycles. The summed E-state index contributed by atoms with van der Waals surface area (Å²) in [6.45, 7) is 6.51. The molecule has 0 spiro atoms. The van der Waals surface area contributed by atoms with Crippen LogP contribution in [0.25, 0.3) is 5.65 Å². The largest absolute Gasteiger partial charge is 0.353 e. The summed E-state index contributed by atoms with van der Waals surface area (Å²) in [6.07, 6.45) is 4.18. The fourth-order valence-corrected chi connectivity index (χ4v) is 4.12. The molecule has 5 heteroatoms. The summed E-state index contributed by atoms with van der Waals surface area (Å²) in [5.41, 5.74) is 8.34. The second-order valence-corrected chi connectivity index (χ2v) is 7.25. The number of hydrogen-bond acceptors (Lipinski definition) is 4. The molecule has 0 radical (unpaired) electrons. The fourth-order valence-electron chi connectivity index (χ4n) is 2.94. The average molecular weight is 304 g/mol. The molecular formula is C16H24N4S. The minimum Gasteiger partial charge on any atom is -0.353 e. The highest BCUT2D eigenvalue weighted by atomic mass is 32.2. The minimum absolute atomic E-state index is 0.144. The number of pyridine rings is 1. The first kappa shape index (κ1) is 14.7. The van der Waals surface area contributed by atoms with Gasteiger partial charge in [-0.1, -0.05) is 13.0 Å². The highest BCUT2D eigenvalue weighted by molar-refractivity contribution is 8.00. The molecule has 0 saturated carbocycles. The van der Waals surface area contributed by atoms with Crippen molar-refractivity contribution in [1.82, 2.24) is 9.38 Å². The molecule has 1 aliphatic heterocycles. The predicted octanol–water partition coefficient (Wildman–Crippen LogP) is 2.56. The molecular weight excluding hydrogens is 280 g/mol. The molecule has 2 unspecified atom stereocenters. The van der Waals surface area contributed by atoms with E-state index in [-0.39, 0.29) is 6.04 Å². The summed E-state index contributed by atoms with van der Waals surface area (Å²) >= 11 is 2.09. The van der Waals surface area contributed by atoms with Crippen LogP contribution in [0.15, 0.2) is 24.4 Å². The Morgan fingerprint density at radius 1 is 1.48 bits per heavy atom. The zero-order valence-corrected chi connectivity index (χ0v) is 13.6. The first-order valence-corrected chi connectivity index (χ1v) is 8.82. The number of thioether (sulfide) groups is 1. The van der Waals surface area contributed by atoms with Crippen LogP contribution in [0.2, 0.25) is 0 Å². The Labute approximate surface area is 130 Å². The number of fused-ring (bicyclic) bond motifs is 1. The Kier molecular flexibility index (Phi) is 4.40. The van der Waals surface area contributed by atoms with Crippen molar-refractivity contribution in [2.24, 2.45) is 5.73 Å². The highest BCUT2D eigenvalue weighted by Gasteiger charge is 2.24. The topological polar surface area (TPSA) is 46.6 Å². The Bertz CT molecular complexity index is 607. The Balaban J connectivity index is 2.00. The van der Waals surface area contributed by atoms with Crippen molar-refractivity contribution in [2.75, 3.05) is 23.7 Å². The van der Waals surface area contributed by atoms with Gasteiger partial charge in [0.25, 0.3) is 0 Å². The Hall–Kier alpha value is -1.20. The van der Waals surface area contributed by atoms with Crippen molar-refractivity contribution in [3.63, 3.8) is 0 Å². The van der Waals surface area contributed by atoms with Crippen LogP contribution >= 0.6 is 11.8 Å². The van der Waals surface area contributed by atoms with E-state index >= 15 is 0 Å². The minimum atomic E-state index is 0.144. The van der Waals surface area contributed by atoms with Crippen molar-refractivity contribution in [2.45, 2.75) is 38.0 Å². The second kappa shape index (κ2) is 6.28. The van der Waals surface area contributed by atoms with Gasteiger partial charge in [0, 0.05) is 42.8 Å². The highest BCUT2D eigenvalue weighted by Crippen LogP contribution is 2.29. The van der Waals surface area contributed by atoms with E-state index in [9.17, 15) is 0 Å². The normalized spacial score (nSPS) is 20.9. The number of hydrogen-bond donors (Lipinski definition) is 1. The van der Waals surface area contributed by atoms with Gasteiger partial charge in [0.1, 0.15) is 5.65 Å². The number of nitrogens with two attached hydrogens (primary N) is 1. The molecule has 4 nitrogen and oxygen atoms in total. The van der Waals surface area contributed by atoms with Crippen molar-refractivity contribution < 1.29 is 0 Å². The van der Waals surface area contributed by atoms with E-state index in [2.05, 4.69) is 53.2 Å². The number of aromatic nitrogens is 2. The quantitative estimate of drug-likeness (QED) is 0.943. The number of anilines is 1. The molecule has 0 aromatic carbocycles. The smallest absolute Gasteiger partial charge is 0.151 e. The molecule has 0 bridgehead atoms. The van der Waals surface area contributed by atoms with Gasteiger partial charge >= 0.3 is 0 Å². The maximum absolute atomic E-state index is 6.06. The predicted molar refractivity (Wildman–Crippen MR) is 91.3 cm³/mol. The van der Waals surface area contributed by atoms with Crippen LogP contribution in [0.5, 0.6) is 0 Å². The summed E-state index contributed by atoms with van der Waals surface area (Å²) in [4.78, 5) is 7.34. The summed E-state index contributed by atoms with van der Waals surface area (Å²) in [5, 5.41) is 0.715. The fraction of sp³-hybridized carbons (Fsp3) is 0.562. The monoisotopic (exact) mass is 304 g/mol. The maximum atomic E-state index is 6.06. The molecule has 2 N–H and O–H groups in total. The van der Waals surface area contributed by atoms with E-state index < -0.39 is 0 Å². The van der Waals surface area contributed by atoms with Crippen LogP contribution in [-0.2, 0) is 6.42 Å². The van der Waals surface area contributed by atoms with Crippen molar-refractivity contribution in [3.8, 4) is 0 Å². The van der Waals surface area contributed by atoms with Crippen LogP contribution in [0.4, 0.5) is 5.82 Å². The first-order valence-electron chi connectivity index (χ1n) is 7.77. The van der Waals surface area contributed by atoms with E-state index in [1.54, 1.807) is 0 Å². The van der Waals surface area contributed by atoms with Gasteiger partial charge in [-0.3, -0.25) is 0 Å². The third-order valence-corrected chi connectivity index (χ3v) is 5.39. The number of rotatable bonds is 4. The lowest BCUT2D eigenvalue weighted by molar-refractivity contribution is 0.692. The van der Waals surface area contributed by atoms with Gasteiger partial charge in [-0.15, -0.1) is 0 Å². The van der Waals surface area contributed by atoms with E-state index in [0.717, 1.165) is 31.0 Å². The lowest BCUT2D eigenvalue weighted by atomic mass is 10.2. The average Bonchev–Trinajstić information content (AvgIpc) is 2.86. The van der Waals surface area contributed by atoms with Gasteiger partial charge in [-0.25, -0.2) is 4.98 Å². The van der Waals surface area contributed by atoms with Crippen molar-refractivity contribution >= 4 is 23.2 Å². The lowest BCUT2D eigenvalue weighted by Crippen LogP contribution is -2.38. The zero-order chi connectivity index (χ0) is 14.8. The van der Waals surface area contributed by atoms with Crippen LogP contribution in [0.1, 0.15) is 26.0 Å². The molecule has 3 heterocycles. The van der Waals surface area contributed by atoms with Gasteiger partial charge in [0.05, 0.1) is 5.69 Å². The van der Waals surface area contributed by atoms with E-state index in [4.69, 9.17) is 10.7 Å². The molecule has 21 heavy (non-hydrogen) atoms. The second-order valence-electron chi connectivity index (χ2n) is 5.84. The molecule has 2 aromatic rings. The standard InChI is InChI=1S/C16H24N4S/c1-3-13-11-19(8-9-21-13)16-14(10-12(2)17)20-7-5-4-6-15(20)18-16/h4-7,12-13H,3,8-11,17H2,1-2H3. The molecule has 0 amide bonds. The van der Waals surface area contributed by atoms with Crippen molar-refractivity contribution in [1.29, 1.82) is 0 Å². The van der Waals surface area contributed by atoms with Gasteiger partial charge in [-0.05, 0) is 25.5 Å². The first-order chi connectivity index (χ1) is 10.2. The molecule has 0 aliphatic carbocycles. The molecule has 1 aliphatic rings. The SMILES string of the molecule is CCC1CN(c2nc3ccccn3c2CC(C)N)CCS1. The van der Waals surface area contributed by atoms with Crippen LogP contribution in [-0.4, -0.2) is 39.5 Å². The Morgan fingerprint density at radius 3 is 3.10 bits per heavy atom. The summed E-state index contributed by atoms with van der Waals surface area (Å²) in [5.74, 6) is 2.32. The van der Waals surface area contributed by atoms with Gasteiger partial charge in [0.2, 0.25) is 0 Å². The number of imidazole rings is 1. The van der Waals surface area contributed by atoms with Crippen LogP contribution < -0.4 is 10.6 Å². The van der Waals surface area contributed by atoms with Crippen LogP contribution in [0, 0.1) is 0 Å². The summed E-state index contributed by atoms with van der Waals surface area (Å²) in [6, 6.07) is 6.32. The molecule has 2 aromatic heterocycles. The van der Waals surface area contributed by atoms with Gasteiger partial charge < -0.3 is 15.0 Å². The third-order valence-electron chi connectivity index (χ3n) is 4.02. The van der Waals surface area contributed by atoms with E-state index in [1.165, 1.54) is 17.9 Å². The van der Waals surface area contributed by atoms with E-state index in [0.29, 0.717) is 5.25 Å². The third kappa shape index (κ3) is 3.04. The van der Waals surface area contributed by atoms with E-state index in [1.807, 2.05) is 6.07 Å². The van der Waals surface area contributed by atoms with Crippen molar-refractivity contribution in [3.05, 3.63) is 30.1 Å². The maximum Gasteiger partial charge on any atom is 0.151 e. The molecule has 1 fully saturated rings. The zero-order valence-electron chi connectivity index (χ0n) is 12.8. The summed E-state index contributed by atoms with van der Waals surface area (Å²) < 4.78 is 2.20. The molecule has 114 valence electrons. The number of nitrogens with zero attached hydrogens (tertiary/aromatic N) is 3.